The van der Waals surface area contributed by atoms with Crippen LogP contribution in [0.1, 0.15) is 61.3 Å². The summed E-state index contributed by atoms with van der Waals surface area (Å²) >= 11 is 0. The second-order valence-corrected chi connectivity index (χ2v) is 7.63. The molecular formula is C18H29NO7. The van der Waals surface area contributed by atoms with Crippen molar-refractivity contribution in [2.75, 3.05) is 6.61 Å². The molecule has 1 rings (SSSR count). The summed E-state index contributed by atoms with van der Waals surface area (Å²) in [5.41, 5.74) is -2.61. The van der Waals surface area contributed by atoms with Crippen LogP contribution in [0.15, 0.2) is 0 Å². The third-order valence-electron chi connectivity index (χ3n) is 3.94. The highest BCUT2D eigenvalue weighted by atomic mass is 16.6. The fourth-order valence-electron chi connectivity index (χ4n) is 3.11. The number of likely N-dealkylation sites (tertiary alicyclic amines) is 1. The topological polar surface area (TPSA) is 99.2 Å². The minimum atomic E-state index is -1.74. The maximum absolute atomic E-state index is 12.9. The molecule has 1 aliphatic heterocycles. The highest BCUT2D eigenvalue weighted by Gasteiger charge is 2.63. The predicted octanol–water partition coefficient (Wildman–Crippen LogP) is 2.43. The Morgan fingerprint density at radius 2 is 1.81 bits per heavy atom. The summed E-state index contributed by atoms with van der Waals surface area (Å²) < 4.78 is 15.9. The largest absolute Gasteiger partial charge is 0.464 e. The molecule has 2 amide bonds. The summed E-state index contributed by atoms with van der Waals surface area (Å²) in [5.74, 6) is -2.31. The molecule has 0 bridgehead atoms. The number of rotatable bonds is 5. The molecule has 0 unspecified atom stereocenters. The van der Waals surface area contributed by atoms with Crippen molar-refractivity contribution in [3.8, 4) is 0 Å². The van der Waals surface area contributed by atoms with Crippen LogP contribution < -0.4 is 0 Å². The number of esters is 2. The third kappa shape index (κ3) is 4.53. The van der Waals surface area contributed by atoms with Gasteiger partial charge in [-0.2, -0.15) is 0 Å². The Bertz CT molecular complexity index is 579. The van der Waals surface area contributed by atoms with Gasteiger partial charge in [0, 0.05) is 13.3 Å². The zero-order valence-corrected chi connectivity index (χ0v) is 16.6. The van der Waals surface area contributed by atoms with Crippen LogP contribution in [-0.2, 0) is 28.6 Å². The smallest absolute Gasteiger partial charge is 0.418 e. The van der Waals surface area contributed by atoms with E-state index in [-0.39, 0.29) is 25.4 Å². The van der Waals surface area contributed by atoms with Crippen molar-refractivity contribution < 1.29 is 33.4 Å². The van der Waals surface area contributed by atoms with Crippen LogP contribution in [-0.4, -0.2) is 52.7 Å². The van der Waals surface area contributed by atoms with Gasteiger partial charge in [-0.3, -0.25) is 9.59 Å². The molecule has 0 radical (unpaired) electrons. The van der Waals surface area contributed by atoms with E-state index in [1.807, 2.05) is 0 Å². The van der Waals surface area contributed by atoms with E-state index in [1.165, 1.54) is 6.92 Å². The third-order valence-corrected chi connectivity index (χ3v) is 3.94. The summed E-state index contributed by atoms with van der Waals surface area (Å²) in [6.07, 6.45) is -2.05. The van der Waals surface area contributed by atoms with Gasteiger partial charge in [0.05, 0.1) is 6.61 Å². The number of imide groups is 1. The molecule has 8 nitrogen and oxygen atoms in total. The van der Waals surface area contributed by atoms with Crippen molar-refractivity contribution in [1.29, 1.82) is 0 Å². The number of hydrogen-bond donors (Lipinski definition) is 0. The van der Waals surface area contributed by atoms with Crippen LogP contribution in [0.2, 0.25) is 0 Å². The van der Waals surface area contributed by atoms with Crippen LogP contribution in [0.5, 0.6) is 0 Å². The average Bonchev–Trinajstić information content (AvgIpc) is 2.81. The molecule has 26 heavy (non-hydrogen) atoms. The normalized spacial score (nSPS) is 21.5. The van der Waals surface area contributed by atoms with Gasteiger partial charge in [0.1, 0.15) is 11.7 Å². The van der Waals surface area contributed by atoms with Crippen molar-refractivity contribution in [2.24, 2.45) is 5.92 Å². The molecule has 0 aromatic carbocycles. The van der Waals surface area contributed by atoms with Crippen LogP contribution in [0.3, 0.4) is 0 Å². The molecule has 0 aliphatic carbocycles. The minimum absolute atomic E-state index is 0.0000359. The lowest BCUT2D eigenvalue weighted by Gasteiger charge is -2.41. The second kappa shape index (κ2) is 8.05. The second-order valence-electron chi connectivity index (χ2n) is 7.63. The van der Waals surface area contributed by atoms with Gasteiger partial charge in [0.2, 0.25) is 5.91 Å². The van der Waals surface area contributed by atoms with E-state index in [4.69, 9.17) is 14.2 Å². The number of carbonyl (C=O) groups is 4. The molecule has 0 aromatic heterocycles. The first-order valence-electron chi connectivity index (χ1n) is 8.77. The molecule has 1 aliphatic rings. The summed E-state index contributed by atoms with van der Waals surface area (Å²) in [6.45, 7) is 11.3. The fourth-order valence-corrected chi connectivity index (χ4v) is 3.11. The van der Waals surface area contributed by atoms with Crippen LogP contribution in [0.25, 0.3) is 0 Å². The van der Waals surface area contributed by atoms with Gasteiger partial charge in [-0.1, -0.05) is 13.8 Å². The van der Waals surface area contributed by atoms with Gasteiger partial charge in [-0.05, 0) is 40.0 Å². The van der Waals surface area contributed by atoms with E-state index in [1.54, 1.807) is 41.5 Å². The van der Waals surface area contributed by atoms with Crippen molar-refractivity contribution in [2.45, 2.75) is 78.6 Å². The monoisotopic (exact) mass is 371 g/mol. The zero-order chi connectivity index (χ0) is 20.3. The van der Waals surface area contributed by atoms with Gasteiger partial charge in [-0.25, -0.2) is 14.5 Å². The Labute approximate surface area is 154 Å². The van der Waals surface area contributed by atoms with Crippen LogP contribution in [0.4, 0.5) is 4.79 Å². The highest BCUT2D eigenvalue weighted by molar-refractivity contribution is 6.02. The zero-order valence-electron chi connectivity index (χ0n) is 16.6. The first kappa shape index (κ1) is 21.9. The maximum atomic E-state index is 12.9. The Morgan fingerprint density at radius 3 is 2.23 bits per heavy atom. The van der Waals surface area contributed by atoms with E-state index < -0.39 is 41.2 Å². The predicted molar refractivity (Wildman–Crippen MR) is 92.1 cm³/mol. The summed E-state index contributed by atoms with van der Waals surface area (Å²) in [5, 5.41) is 0. The van der Waals surface area contributed by atoms with E-state index in [9.17, 15) is 19.2 Å². The lowest BCUT2D eigenvalue weighted by atomic mass is 9.82. The fraction of sp³-hybridized carbons (Fsp3) is 0.778. The molecular weight excluding hydrogens is 342 g/mol. The van der Waals surface area contributed by atoms with E-state index >= 15 is 0 Å². The van der Waals surface area contributed by atoms with Gasteiger partial charge in [0.15, 0.2) is 5.54 Å². The molecule has 8 heteroatoms. The number of amides is 2. The Balaban J connectivity index is 3.50. The first-order chi connectivity index (χ1) is 11.9. The molecule has 148 valence electrons. The standard InChI is InChI=1S/C18H29NO7/c1-8-24-15(22)18(14(11(2)3)25-12(4)20)10-9-13(21)19(18)16(23)26-17(5,6)7/h11,14H,8-10H2,1-7H3/t14-,18-/m0/s1. The average molecular weight is 371 g/mol. The van der Waals surface area contributed by atoms with Crippen molar-refractivity contribution >= 4 is 23.9 Å². The van der Waals surface area contributed by atoms with Gasteiger partial charge in [-0.15, -0.1) is 0 Å². The van der Waals surface area contributed by atoms with Crippen molar-refractivity contribution in [3.63, 3.8) is 0 Å². The molecule has 1 fully saturated rings. The summed E-state index contributed by atoms with van der Waals surface area (Å²) in [6, 6.07) is 0. The quantitative estimate of drug-likeness (QED) is 0.540. The minimum Gasteiger partial charge on any atom is -0.464 e. The lowest BCUT2D eigenvalue weighted by molar-refractivity contribution is -0.178. The van der Waals surface area contributed by atoms with Crippen LogP contribution >= 0.6 is 0 Å². The van der Waals surface area contributed by atoms with Gasteiger partial charge in [0.25, 0.3) is 0 Å². The molecule has 0 saturated carbocycles. The molecule has 1 heterocycles. The van der Waals surface area contributed by atoms with E-state index in [2.05, 4.69) is 0 Å². The van der Waals surface area contributed by atoms with Crippen molar-refractivity contribution in [3.05, 3.63) is 0 Å². The molecule has 0 N–H and O–H groups in total. The lowest BCUT2D eigenvalue weighted by Crippen LogP contribution is -2.64. The Kier molecular flexibility index (Phi) is 6.79. The molecule has 0 spiro atoms. The highest BCUT2D eigenvalue weighted by Crippen LogP contribution is 2.40. The number of nitrogens with zero attached hydrogens (tertiary/aromatic N) is 1. The summed E-state index contributed by atoms with van der Waals surface area (Å²) in [4.78, 5) is 50.6. The number of ether oxygens (including phenoxy) is 3. The van der Waals surface area contributed by atoms with Gasteiger partial charge < -0.3 is 14.2 Å². The first-order valence-corrected chi connectivity index (χ1v) is 8.77. The molecule has 2 atom stereocenters. The van der Waals surface area contributed by atoms with Crippen LogP contribution in [0, 0.1) is 5.92 Å². The van der Waals surface area contributed by atoms with E-state index in [0.717, 1.165) is 4.90 Å². The maximum Gasteiger partial charge on any atom is 0.418 e. The summed E-state index contributed by atoms with van der Waals surface area (Å²) in [7, 11) is 0. The Morgan fingerprint density at radius 1 is 1.23 bits per heavy atom. The number of carbonyl (C=O) groups excluding carboxylic acids is 4. The van der Waals surface area contributed by atoms with E-state index in [0.29, 0.717) is 0 Å². The SMILES string of the molecule is CCOC(=O)[C@@]1([C@@H](OC(C)=O)C(C)C)CCC(=O)N1C(=O)OC(C)(C)C. The molecule has 0 aromatic rings. The Hall–Kier alpha value is -2.12. The molecule has 1 saturated heterocycles. The number of hydrogen-bond acceptors (Lipinski definition) is 7. The van der Waals surface area contributed by atoms with Crippen molar-refractivity contribution in [1.82, 2.24) is 4.90 Å². The van der Waals surface area contributed by atoms with Gasteiger partial charge >= 0.3 is 18.0 Å².